The molecule has 118 valence electrons. The normalized spacial score (nSPS) is 30.9. The number of piperidine rings is 1. The average Bonchev–Trinajstić information content (AvgIpc) is 3.28. The predicted molar refractivity (Wildman–Crippen MR) is 78.8 cm³/mol. The molecule has 0 aromatic heterocycles. The fourth-order valence-electron chi connectivity index (χ4n) is 3.54. The zero-order chi connectivity index (χ0) is 15.9. The van der Waals surface area contributed by atoms with Gasteiger partial charge in [-0.2, -0.15) is 0 Å². The van der Waals surface area contributed by atoms with Crippen molar-refractivity contribution < 1.29 is 19.1 Å². The fourth-order valence-corrected chi connectivity index (χ4v) is 3.54. The maximum Gasteiger partial charge on any atom is 0.308 e. The number of carboxylic acids is 1. The van der Waals surface area contributed by atoms with E-state index in [2.05, 4.69) is 0 Å². The van der Waals surface area contributed by atoms with Crippen molar-refractivity contribution in [2.24, 2.45) is 11.8 Å². The highest BCUT2D eigenvalue weighted by Gasteiger charge is 2.48. The minimum Gasteiger partial charge on any atom is -0.481 e. The van der Waals surface area contributed by atoms with Crippen LogP contribution in [0.1, 0.15) is 37.7 Å². The molecule has 1 heterocycles. The molecule has 1 aromatic rings. The number of amides is 1. The molecule has 1 N–H and O–H groups in total. The first kappa shape index (κ1) is 15.0. The second kappa shape index (κ2) is 5.71. The van der Waals surface area contributed by atoms with Gasteiger partial charge in [0.2, 0.25) is 5.91 Å². The summed E-state index contributed by atoms with van der Waals surface area (Å²) in [5.74, 6) is -1.46. The van der Waals surface area contributed by atoms with Gasteiger partial charge in [-0.25, -0.2) is 4.39 Å². The Kier molecular flexibility index (Phi) is 3.89. The Hall–Kier alpha value is -1.91. The molecular weight excluding hydrogens is 285 g/mol. The third-order valence-corrected chi connectivity index (χ3v) is 4.99. The number of hydrogen-bond acceptors (Lipinski definition) is 2. The van der Waals surface area contributed by atoms with Gasteiger partial charge in [0.05, 0.1) is 5.92 Å². The van der Waals surface area contributed by atoms with E-state index in [-0.39, 0.29) is 29.6 Å². The summed E-state index contributed by atoms with van der Waals surface area (Å²) in [7, 11) is 0. The highest BCUT2D eigenvalue weighted by Crippen LogP contribution is 2.49. The van der Waals surface area contributed by atoms with E-state index in [1.165, 1.54) is 12.1 Å². The fraction of sp³-hybridized carbons (Fsp3) is 0.529. The molecule has 2 fully saturated rings. The third-order valence-electron chi connectivity index (χ3n) is 4.99. The molecule has 2 unspecified atom stereocenters. The zero-order valence-corrected chi connectivity index (χ0v) is 12.5. The monoisotopic (exact) mass is 305 g/mol. The first-order valence-corrected chi connectivity index (χ1v) is 7.78. The number of carbonyl (C=O) groups excluding carboxylic acids is 1. The summed E-state index contributed by atoms with van der Waals surface area (Å²) in [5, 5.41) is 9.24. The van der Waals surface area contributed by atoms with Crippen LogP contribution in [-0.2, 0) is 9.59 Å². The first-order valence-electron chi connectivity index (χ1n) is 7.78. The lowest BCUT2D eigenvalue weighted by atomic mass is 9.90. The van der Waals surface area contributed by atoms with Gasteiger partial charge >= 0.3 is 5.97 Å². The minimum atomic E-state index is -0.823. The van der Waals surface area contributed by atoms with Crippen LogP contribution in [0, 0.1) is 17.7 Å². The molecule has 1 amide bonds. The van der Waals surface area contributed by atoms with Crippen molar-refractivity contribution in [1.29, 1.82) is 0 Å². The summed E-state index contributed by atoms with van der Waals surface area (Å²) in [6.07, 6.45) is 2.14. The smallest absolute Gasteiger partial charge is 0.308 e. The van der Waals surface area contributed by atoms with Crippen LogP contribution < -0.4 is 0 Å². The quantitative estimate of drug-likeness (QED) is 0.934. The summed E-state index contributed by atoms with van der Waals surface area (Å²) in [6, 6.07) is 6.03. The van der Waals surface area contributed by atoms with E-state index in [4.69, 9.17) is 0 Å². The lowest BCUT2D eigenvalue weighted by Gasteiger charge is -2.37. The molecule has 3 rings (SSSR count). The Balaban J connectivity index is 1.67. The number of benzene rings is 1. The van der Waals surface area contributed by atoms with E-state index in [9.17, 15) is 19.1 Å². The molecule has 4 atom stereocenters. The van der Waals surface area contributed by atoms with E-state index < -0.39 is 11.9 Å². The Morgan fingerprint density at radius 3 is 2.55 bits per heavy atom. The number of carboxylic acid groups (broad SMARTS) is 1. The molecule has 0 bridgehead atoms. The molecule has 1 aliphatic carbocycles. The van der Waals surface area contributed by atoms with Crippen LogP contribution >= 0.6 is 0 Å². The molecular formula is C17H20FNO3. The van der Waals surface area contributed by atoms with Crippen molar-refractivity contribution in [3.05, 3.63) is 35.6 Å². The van der Waals surface area contributed by atoms with Crippen LogP contribution in [0.3, 0.4) is 0 Å². The average molecular weight is 305 g/mol. The second-order valence-corrected chi connectivity index (χ2v) is 6.36. The van der Waals surface area contributed by atoms with Gasteiger partial charge in [-0.3, -0.25) is 9.59 Å². The number of nitrogens with zero attached hydrogens (tertiary/aromatic N) is 1. The molecule has 22 heavy (non-hydrogen) atoms. The van der Waals surface area contributed by atoms with E-state index in [1.807, 2.05) is 6.92 Å². The van der Waals surface area contributed by atoms with Crippen molar-refractivity contribution in [1.82, 2.24) is 4.90 Å². The molecule has 1 aromatic carbocycles. The lowest BCUT2D eigenvalue weighted by molar-refractivity contribution is -0.149. The first-order chi connectivity index (χ1) is 10.5. The Bertz CT molecular complexity index is 586. The molecule has 0 spiro atoms. The number of rotatable bonds is 3. The third kappa shape index (κ3) is 2.72. The minimum absolute atomic E-state index is 0.0489. The van der Waals surface area contributed by atoms with Gasteiger partial charge in [0, 0.05) is 18.5 Å². The lowest BCUT2D eigenvalue weighted by Crippen LogP contribution is -2.49. The number of hydrogen-bond donors (Lipinski definition) is 1. The second-order valence-electron chi connectivity index (χ2n) is 6.36. The van der Waals surface area contributed by atoms with E-state index in [0.717, 1.165) is 18.4 Å². The highest BCUT2D eigenvalue weighted by molar-refractivity contribution is 5.84. The molecule has 1 aliphatic heterocycles. The van der Waals surface area contributed by atoms with Crippen molar-refractivity contribution in [3.63, 3.8) is 0 Å². The number of halogens is 1. The zero-order valence-electron chi connectivity index (χ0n) is 12.5. The van der Waals surface area contributed by atoms with Crippen LogP contribution in [0.25, 0.3) is 0 Å². The van der Waals surface area contributed by atoms with Gasteiger partial charge in [0.1, 0.15) is 5.82 Å². The van der Waals surface area contributed by atoms with Crippen LogP contribution in [0.4, 0.5) is 4.39 Å². The standard InChI is InChI=1S/C17H20FNO3/c1-10-13(17(21)22)3-2-8-19(10)16(20)15-9-14(15)11-4-6-12(18)7-5-11/h4-7,10,13-15H,2-3,8-9H2,1H3,(H,21,22)/t10-,13-,14?,15?/m1/s1. The van der Waals surface area contributed by atoms with E-state index >= 15 is 0 Å². The van der Waals surface area contributed by atoms with E-state index in [0.29, 0.717) is 13.0 Å². The predicted octanol–water partition coefficient (Wildman–Crippen LogP) is 2.64. The molecule has 1 saturated heterocycles. The van der Waals surface area contributed by atoms with Gasteiger partial charge in [0.25, 0.3) is 0 Å². The van der Waals surface area contributed by atoms with Crippen molar-refractivity contribution in [2.75, 3.05) is 6.54 Å². The van der Waals surface area contributed by atoms with Crippen LogP contribution in [-0.4, -0.2) is 34.5 Å². The van der Waals surface area contributed by atoms with Crippen LogP contribution in [0.2, 0.25) is 0 Å². The van der Waals surface area contributed by atoms with Crippen molar-refractivity contribution >= 4 is 11.9 Å². The van der Waals surface area contributed by atoms with Crippen LogP contribution in [0.5, 0.6) is 0 Å². The maximum absolute atomic E-state index is 13.0. The van der Waals surface area contributed by atoms with Gasteiger partial charge in [-0.1, -0.05) is 12.1 Å². The number of carbonyl (C=O) groups is 2. The topological polar surface area (TPSA) is 57.6 Å². The Labute approximate surface area is 128 Å². The maximum atomic E-state index is 13.0. The SMILES string of the molecule is C[C@@H]1[C@H](C(=O)O)CCCN1C(=O)C1CC1c1ccc(F)cc1. The number of likely N-dealkylation sites (tertiary alicyclic amines) is 1. The Morgan fingerprint density at radius 1 is 1.23 bits per heavy atom. The van der Waals surface area contributed by atoms with Gasteiger partial charge < -0.3 is 10.0 Å². The highest BCUT2D eigenvalue weighted by atomic mass is 19.1. The number of aliphatic carboxylic acids is 1. The van der Waals surface area contributed by atoms with Crippen molar-refractivity contribution in [3.8, 4) is 0 Å². The molecule has 1 saturated carbocycles. The summed E-state index contributed by atoms with van der Waals surface area (Å²) in [6.45, 7) is 2.46. The largest absolute Gasteiger partial charge is 0.481 e. The summed E-state index contributed by atoms with van der Waals surface area (Å²) in [4.78, 5) is 25.6. The van der Waals surface area contributed by atoms with Gasteiger partial charge in [-0.05, 0) is 49.8 Å². The van der Waals surface area contributed by atoms with Crippen LogP contribution in [0.15, 0.2) is 24.3 Å². The summed E-state index contributed by atoms with van der Waals surface area (Å²) < 4.78 is 13.0. The van der Waals surface area contributed by atoms with Gasteiger partial charge in [-0.15, -0.1) is 0 Å². The Morgan fingerprint density at radius 2 is 1.91 bits per heavy atom. The van der Waals surface area contributed by atoms with Gasteiger partial charge in [0.15, 0.2) is 0 Å². The molecule has 2 aliphatic rings. The summed E-state index contributed by atoms with van der Waals surface area (Å²) in [5.41, 5.74) is 0.985. The molecule has 5 heteroatoms. The molecule has 0 radical (unpaired) electrons. The summed E-state index contributed by atoms with van der Waals surface area (Å²) >= 11 is 0. The molecule has 4 nitrogen and oxygen atoms in total. The van der Waals surface area contributed by atoms with E-state index in [1.54, 1.807) is 17.0 Å². The van der Waals surface area contributed by atoms with Crippen molar-refractivity contribution in [2.45, 2.75) is 38.1 Å².